The first kappa shape index (κ1) is 20.3. The second kappa shape index (κ2) is 10.2. The molecule has 0 bridgehead atoms. The molecule has 0 aliphatic heterocycles. The molecule has 0 unspecified atom stereocenters. The van der Waals surface area contributed by atoms with Gasteiger partial charge in [-0.1, -0.05) is 55.8 Å². The summed E-state index contributed by atoms with van der Waals surface area (Å²) < 4.78 is 5.57. The molecule has 4 nitrogen and oxygen atoms in total. The van der Waals surface area contributed by atoms with Crippen molar-refractivity contribution < 1.29 is 9.53 Å². The fourth-order valence-corrected chi connectivity index (χ4v) is 3.22. The van der Waals surface area contributed by atoms with Gasteiger partial charge in [-0.15, -0.1) is 0 Å². The monoisotopic (exact) mass is 374 g/mol. The number of benzene rings is 2. The third kappa shape index (κ3) is 5.75. The van der Waals surface area contributed by atoms with E-state index in [-0.39, 0.29) is 18.6 Å². The lowest BCUT2D eigenvalue weighted by molar-refractivity contribution is -0.123. The molecule has 0 saturated heterocycles. The molecule has 2 rings (SSSR count). The highest BCUT2D eigenvalue weighted by molar-refractivity contribution is 6.31. The predicted molar refractivity (Wildman–Crippen MR) is 107 cm³/mol. The van der Waals surface area contributed by atoms with Gasteiger partial charge in [0.05, 0.1) is 6.04 Å². The summed E-state index contributed by atoms with van der Waals surface area (Å²) in [5.41, 5.74) is 2.13. The summed E-state index contributed by atoms with van der Waals surface area (Å²) in [5, 5.41) is 3.70. The summed E-state index contributed by atoms with van der Waals surface area (Å²) in [6.45, 7) is 8.44. The number of carbonyl (C=O) groups is 1. The molecule has 140 valence electrons. The predicted octanol–water partition coefficient (Wildman–Crippen LogP) is 4.23. The third-order valence-corrected chi connectivity index (χ3v) is 4.71. The fourth-order valence-electron chi connectivity index (χ4n) is 2.96. The van der Waals surface area contributed by atoms with E-state index in [0.29, 0.717) is 12.3 Å². The Morgan fingerprint density at radius 1 is 1.15 bits per heavy atom. The van der Waals surface area contributed by atoms with Crippen LogP contribution in [0.1, 0.15) is 31.0 Å². The second-order valence-electron chi connectivity index (χ2n) is 6.17. The summed E-state index contributed by atoms with van der Waals surface area (Å²) in [6.07, 6.45) is 0. The molecule has 0 aliphatic carbocycles. The summed E-state index contributed by atoms with van der Waals surface area (Å²) in [5.74, 6) is 0.558. The maximum atomic E-state index is 12.2. The van der Waals surface area contributed by atoms with Crippen LogP contribution in [0.15, 0.2) is 48.5 Å². The quantitative estimate of drug-likeness (QED) is 0.714. The van der Waals surface area contributed by atoms with Crippen LogP contribution in [0.3, 0.4) is 0 Å². The van der Waals surface area contributed by atoms with Crippen molar-refractivity contribution in [1.29, 1.82) is 0 Å². The Labute approximate surface area is 161 Å². The average molecular weight is 375 g/mol. The van der Waals surface area contributed by atoms with E-state index in [2.05, 4.69) is 24.1 Å². The second-order valence-corrected chi connectivity index (χ2v) is 6.57. The Morgan fingerprint density at radius 3 is 2.54 bits per heavy atom. The molecule has 5 heteroatoms. The molecule has 1 amide bonds. The number of halogens is 1. The Morgan fingerprint density at radius 2 is 1.88 bits per heavy atom. The number of nitrogens with one attached hydrogen (secondary N) is 1. The van der Waals surface area contributed by atoms with E-state index < -0.39 is 0 Å². The largest absolute Gasteiger partial charge is 0.484 e. The van der Waals surface area contributed by atoms with Gasteiger partial charge in [0, 0.05) is 11.6 Å². The summed E-state index contributed by atoms with van der Waals surface area (Å²) >= 11 is 6.38. The van der Waals surface area contributed by atoms with Crippen LogP contribution in [0.5, 0.6) is 5.75 Å². The van der Waals surface area contributed by atoms with Crippen LogP contribution in [0.2, 0.25) is 5.02 Å². The first-order valence-electron chi connectivity index (χ1n) is 8.99. The number of rotatable bonds is 9. The standard InChI is InChI=1S/C21H27ClN2O2/c1-4-24(5-2)20(18-11-6-7-12-19(18)22)14-23-21(25)15-26-17-10-8-9-16(3)13-17/h6-13,20H,4-5,14-15H2,1-3H3,(H,23,25)/t20-/m1/s1. The molecule has 0 heterocycles. The minimum atomic E-state index is -0.143. The summed E-state index contributed by atoms with van der Waals surface area (Å²) in [7, 11) is 0. The van der Waals surface area contributed by atoms with Crippen molar-refractivity contribution in [3.63, 3.8) is 0 Å². The maximum absolute atomic E-state index is 12.2. The number of likely N-dealkylation sites (N-methyl/N-ethyl adjacent to an activating group) is 1. The SMILES string of the molecule is CCN(CC)[C@H](CNC(=O)COc1cccc(C)c1)c1ccccc1Cl. The molecule has 0 saturated carbocycles. The van der Waals surface area contributed by atoms with Crippen molar-refractivity contribution in [2.24, 2.45) is 0 Å². The van der Waals surface area contributed by atoms with Gasteiger partial charge in [0.25, 0.3) is 5.91 Å². The van der Waals surface area contributed by atoms with Crippen LogP contribution in [-0.2, 0) is 4.79 Å². The highest BCUT2D eigenvalue weighted by atomic mass is 35.5. The lowest BCUT2D eigenvalue weighted by Gasteiger charge is -2.30. The Hall–Kier alpha value is -2.04. The Bertz CT molecular complexity index is 717. The van der Waals surface area contributed by atoms with Gasteiger partial charge in [0.15, 0.2) is 6.61 Å². The Balaban J connectivity index is 1.98. The minimum Gasteiger partial charge on any atom is -0.484 e. The molecule has 0 aliphatic rings. The molecule has 26 heavy (non-hydrogen) atoms. The molecule has 2 aromatic rings. The van der Waals surface area contributed by atoms with Crippen molar-refractivity contribution in [2.75, 3.05) is 26.2 Å². The molecular formula is C21H27ClN2O2. The lowest BCUT2D eigenvalue weighted by atomic mass is 10.0. The van der Waals surface area contributed by atoms with Crippen LogP contribution in [0.25, 0.3) is 0 Å². The molecule has 0 spiro atoms. The first-order valence-corrected chi connectivity index (χ1v) is 9.37. The zero-order chi connectivity index (χ0) is 18.9. The minimum absolute atomic E-state index is 0.00303. The molecule has 2 aromatic carbocycles. The third-order valence-electron chi connectivity index (χ3n) is 4.37. The van der Waals surface area contributed by atoms with E-state index >= 15 is 0 Å². The number of nitrogens with zero attached hydrogens (tertiary/aromatic N) is 1. The normalized spacial score (nSPS) is 12.0. The van der Waals surface area contributed by atoms with Gasteiger partial charge >= 0.3 is 0 Å². The van der Waals surface area contributed by atoms with E-state index in [1.54, 1.807) is 0 Å². The van der Waals surface area contributed by atoms with Gasteiger partial charge in [-0.3, -0.25) is 9.69 Å². The number of carbonyl (C=O) groups excluding carboxylic acids is 1. The van der Waals surface area contributed by atoms with Gasteiger partial charge in [0.2, 0.25) is 0 Å². The van der Waals surface area contributed by atoms with Crippen molar-refractivity contribution in [3.8, 4) is 5.75 Å². The van der Waals surface area contributed by atoms with Gasteiger partial charge < -0.3 is 10.1 Å². The summed E-state index contributed by atoms with van der Waals surface area (Å²) in [6, 6.07) is 15.5. The highest BCUT2D eigenvalue weighted by Crippen LogP contribution is 2.26. The van der Waals surface area contributed by atoms with Crippen molar-refractivity contribution in [2.45, 2.75) is 26.8 Å². The van der Waals surface area contributed by atoms with Crippen molar-refractivity contribution in [3.05, 3.63) is 64.7 Å². The fraction of sp³-hybridized carbons (Fsp3) is 0.381. The average Bonchev–Trinajstić information content (AvgIpc) is 2.64. The molecular weight excluding hydrogens is 348 g/mol. The van der Waals surface area contributed by atoms with Crippen molar-refractivity contribution >= 4 is 17.5 Å². The number of hydrogen-bond donors (Lipinski definition) is 1. The van der Waals surface area contributed by atoms with Gasteiger partial charge in [-0.25, -0.2) is 0 Å². The van der Waals surface area contributed by atoms with Crippen molar-refractivity contribution in [1.82, 2.24) is 10.2 Å². The van der Waals surface area contributed by atoms with E-state index in [4.69, 9.17) is 16.3 Å². The van der Waals surface area contributed by atoms with Crippen LogP contribution in [0, 0.1) is 6.92 Å². The molecule has 0 radical (unpaired) electrons. The highest BCUT2D eigenvalue weighted by Gasteiger charge is 2.21. The number of ether oxygens (including phenoxy) is 1. The molecule has 0 fully saturated rings. The number of aryl methyl sites for hydroxylation is 1. The van der Waals surface area contributed by atoms with Gasteiger partial charge in [-0.05, 0) is 49.3 Å². The molecule has 0 aromatic heterocycles. The Kier molecular flexibility index (Phi) is 7.95. The zero-order valence-corrected chi connectivity index (χ0v) is 16.4. The topological polar surface area (TPSA) is 41.6 Å². The lowest BCUT2D eigenvalue weighted by Crippen LogP contribution is -2.39. The van der Waals surface area contributed by atoms with Crippen LogP contribution >= 0.6 is 11.6 Å². The van der Waals surface area contributed by atoms with Crippen LogP contribution in [-0.4, -0.2) is 37.0 Å². The summed E-state index contributed by atoms with van der Waals surface area (Å²) in [4.78, 5) is 14.5. The van der Waals surface area contributed by atoms with Crippen LogP contribution < -0.4 is 10.1 Å². The van der Waals surface area contributed by atoms with Gasteiger partial charge in [0.1, 0.15) is 5.75 Å². The maximum Gasteiger partial charge on any atom is 0.258 e. The van der Waals surface area contributed by atoms with E-state index in [1.807, 2.05) is 55.5 Å². The number of hydrogen-bond acceptors (Lipinski definition) is 3. The van der Waals surface area contributed by atoms with E-state index in [1.165, 1.54) is 0 Å². The smallest absolute Gasteiger partial charge is 0.258 e. The molecule has 1 atom stereocenters. The zero-order valence-electron chi connectivity index (χ0n) is 15.7. The molecule has 1 N–H and O–H groups in total. The first-order chi connectivity index (χ1) is 12.5. The van der Waals surface area contributed by atoms with Gasteiger partial charge in [-0.2, -0.15) is 0 Å². The van der Waals surface area contributed by atoms with Crippen LogP contribution in [0.4, 0.5) is 0 Å². The van der Waals surface area contributed by atoms with E-state index in [9.17, 15) is 4.79 Å². The number of amides is 1. The van der Waals surface area contributed by atoms with E-state index in [0.717, 1.165) is 29.2 Å².